The lowest BCUT2D eigenvalue weighted by atomic mass is 9.92. The van der Waals surface area contributed by atoms with Gasteiger partial charge < -0.3 is 11.1 Å². The van der Waals surface area contributed by atoms with Crippen LogP contribution in [-0.2, 0) is 0 Å². The van der Waals surface area contributed by atoms with Crippen LogP contribution in [0.25, 0.3) is 27.7 Å². The lowest BCUT2D eigenvalue weighted by Crippen LogP contribution is -2.27. The second kappa shape index (κ2) is 8.05. The molecule has 0 aliphatic carbocycles. The van der Waals surface area contributed by atoms with Crippen molar-refractivity contribution in [1.82, 2.24) is 30.1 Å². The predicted octanol–water partition coefficient (Wildman–Crippen LogP) is 3.39. The zero-order valence-electron chi connectivity index (χ0n) is 17.7. The summed E-state index contributed by atoms with van der Waals surface area (Å²) in [6.45, 7) is 1.90. The molecule has 0 saturated carbocycles. The van der Waals surface area contributed by atoms with Gasteiger partial charge in [0.25, 0.3) is 5.91 Å². The summed E-state index contributed by atoms with van der Waals surface area (Å²) in [5.74, 6) is 2.42. The molecule has 3 heterocycles. The molecule has 0 unspecified atom stereocenters. The van der Waals surface area contributed by atoms with E-state index >= 15 is 0 Å². The second-order valence-electron chi connectivity index (χ2n) is 7.57. The minimum atomic E-state index is -0.383. The van der Waals surface area contributed by atoms with Crippen molar-refractivity contribution in [2.24, 2.45) is 0 Å². The van der Waals surface area contributed by atoms with Crippen LogP contribution < -0.4 is 11.1 Å². The third kappa shape index (κ3) is 3.51. The number of rotatable bonds is 4. The summed E-state index contributed by atoms with van der Waals surface area (Å²) in [6.07, 6.45) is 10.5. The van der Waals surface area contributed by atoms with Crippen LogP contribution >= 0.6 is 0 Å². The molecule has 8 heteroatoms. The maximum Gasteiger partial charge on any atom is 0.259 e. The van der Waals surface area contributed by atoms with Gasteiger partial charge in [0, 0.05) is 17.8 Å². The first-order valence-corrected chi connectivity index (χ1v) is 10.3. The highest BCUT2D eigenvalue weighted by Gasteiger charge is 2.23. The molecule has 8 nitrogen and oxygen atoms in total. The van der Waals surface area contributed by atoms with Gasteiger partial charge in [-0.1, -0.05) is 36.3 Å². The zero-order valence-corrected chi connectivity index (χ0v) is 17.7. The van der Waals surface area contributed by atoms with Crippen molar-refractivity contribution >= 4 is 28.3 Å². The summed E-state index contributed by atoms with van der Waals surface area (Å²) in [5.41, 5.74) is 10.8. The van der Waals surface area contributed by atoms with E-state index in [0.717, 1.165) is 22.1 Å². The Kier molecular flexibility index (Phi) is 4.92. The second-order valence-corrected chi connectivity index (χ2v) is 7.57. The molecule has 3 N–H and O–H groups in total. The Bertz CT molecular complexity index is 1550. The average molecular weight is 433 g/mol. The first-order chi connectivity index (χ1) is 16.1. The standard InChI is InChI=1S/C25H19N7O/c1-3-16-14-28-30-21-13-18(19(12-20(16)21)17-8-5-4-6-9-17)15(2)29-25(33)22-23(26)31-32-11-7-10-27-24(22)32/h1,4-15H,2H3,(H2,26,31)(H,29,33)/t15-/m0/s1. The van der Waals surface area contributed by atoms with Gasteiger partial charge >= 0.3 is 0 Å². The SMILES string of the molecule is C#Cc1cnnc2cc([C@H](C)NC(=O)c3c(N)nn4cccnc34)c(-c3ccccc3)cc12. The normalized spacial score (nSPS) is 11.9. The lowest BCUT2D eigenvalue weighted by Gasteiger charge is -2.19. The fourth-order valence-electron chi connectivity index (χ4n) is 3.93. The van der Waals surface area contributed by atoms with Crippen LogP contribution in [0, 0.1) is 12.3 Å². The Balaban J connectivity index is 1.60. The third-order valence-electron chi connectivity index (χ3n) is 5.51. The molecule has 1 atom stereocenters. The number of carbonyl (C=O) groups excluding carboxylic acids is 1. The Morgan fingerprint density at radius 3 is 2.82 bits per heavy atom. The van der Waals surface area contributed by atoms with Gasteiger partial charge in [0.2, 0.25) is 0 Å². The molecule has 5 aromatic rings. The maximum atomic E-state index is 13.2. The highest BCUT2D eigenvalue weighted by Crippen LogP contribution is 2.33. The number of hydrogen-bond acceptors (Lipinski definition) is 6. The molecule has 1 amide bonds. The van der Waals surface area contributed by atoms with E-state index in [0.29, 0.717) is 16.7 Å². The minimum absolute atomic E-state index is 0.115. The van der Waals surface area contributed by atoms with Crippen LogP contribution in [0.5, 0.6) is 0 Å². The molecular formula is C25H19N7O. The highest BCUT2D eigenvalue weighted by molar-refractivity contribution is 6.04. The van der Waals surface area contributed by atoms with Crippen molar-refractivity contribution in [3.63, 3.8) is 0 Å². The fraction of sp³-hybridized carbons (Fsp3) is 0.0800. The number of carbonyl (C=O) groups is 1. The van der Waals surface area contributed by atoms with Crippen molar-refractivity contribution in [3.8, 4) is 23.5 Å². The Morgan fingerprint density at radius 2 is 2.03 bits per heavy atom. The third-order valence-corrected chi connectivity index (χ3v) is 5.51. The van der Waals surface area contributed by atoms with Gasteiger partial charge in [0.05, 0.1) is 23.3 Å². The van der Waals surface area contributed by atoms with Crippen molar-refractivity contribution in [2.45, 2.75) is 13.0 Å². The van der Waals surface area contributed by atoms with Crippen molar-refractivity contribution in [1.29, 1.82) is 0 Å². The van der Waals surface area contributed by atoms with Crippen LogP contribution in [0.4, 0.5) is 5.82 Å². The van der Waals surface area contributed by atoms with E-state index in [1.807, 2.05) is 49.4 Å². The number of nitrogens with one attached hydrogen (secondary N) is 1. The average Bonchev–Trinajstić information content (AvgIpc) is 3.19. The van der Waals surface area contributed by atoms with Crippen LogP contribution in [0.2, 0.25) is 0 Å². The number of benzene rings is 2. The summed E-state index contributed by atoms with van der Waals surface area (Å²) in [5, 5.41) is 16.3. The molecule has 0 aliphatic rings. The van der Waals surface area contributed by atoms with Crippen LogP contribution in [0.3, 0.4) is 0 Å². The van der Waals surface area contributed by atoms with Crippen LogP contribution in [0.15, 0.2) is 67.1 Å². The summed E-state index contributed by atoms with van der Waals surface area (Å²) in [6, 6.07) is 15.1. The quantitative estimate of drug-likeness (QED) is 0.420. The number of nitrogens with zero attached hydrogens (tertiary/aromatic N) is 5. The van der Waals surface area contributed by atoms with Gasteiger partial charge in [-0.05, 0) is 41.8 Å². The van der Waals surface area contributed by atoms with Gasteiger partial charge in [0.1, 0.15) is 5.56 Å². The molecule has 0 radical (unpaired) electrons. The first-order valence-electron chi connectivity index (χ1n) is 10.3. The number of anilines is 1. The van der Waals surface area contributed by atoms with Gasteiger partial charge in [-0.2, -0.15) is 10.2 Å². The van der Waals surface area contributed by atoms with Crippen LogP contribution in [-0.4, -0.2) is 30.7 Å². The Labute approximate surface area is 189 Å². The number of aromatic nitrogens is 5. The number of terminal acetylenes is 1. The van der Waals surface area contributed by atoms with Gasteiger partial charge in [-0.15, -0.1) is 11.5 Å². The van der Waals surface area contributed by atoms with Gasteiger partial charge in [0.15, 0.2) is 11.5 Å². The molecule has 3 aromatic heterocycles. The molecular weight excluding hydrogens is 414 g/mol. The first kappa shape index (κ1) is 20.2. The lowest BCUT2D eigenvalue weighted by molar-refractivity contribution is 0.0942. The number of fused-ring (bicyclic) bond motifs is 2. The summed E-state index contributed by atoms with van der Waals surface area (Å²) in [7, 11) is 0. The molecule has 33 heavy (non-hydrogen) atoms. The molecule has 0 bridgehead atoms. The predicted molar refractivity (Wildman–Crippen MR) is 126 cm³/mol. The largest absolute Gasteiger partial charge is 0.381 e. The van der Waals surface area contributed by atoms with E-state index in [1.165, 1.54) is 4.52 Å². The molecule has 5 rings (SSSR count). The monoisotopic (exact) mass is 433 g/mol. The molecule has 2 aromatic carbocycles. The highest BCUT2D eigenvalue weighted by atomic mass is 16.1. The number of nitrogens with two attached hydrogens (primary N) is 1. The minimum Gasteiger partial charge on any atom is -0.381 e. The van der Waals surface area contributed by atoms with E-state index in [2.05, 4.69) is 31.5 Å². The van der Waals surface area contributed by atoms with Crippen molar-refractivity contribution in [3.05, 3.63) is 83.8 Å². The molecule has 0 saturated heterocycles. The topological polar surface area (TPSA) is 111 Å². The number of amides is 1. The van der Waals surface area contributed by atoms with Crippen LogP contribution in [0.1, 0.15) is 34.5 Å². The zero-order chi connectivity index (χ0) is 22.9. The number of nitrogen functional groups attached to an aromatic ring is 1. The van der Waals surface area contributed by atoms with E-state index in [9.17, 15) is 4.79 Å². The molecule has 160 valence electrons. The van der Waals surface area contributed by atoms with E-state index < -0.39 is 0 Å². The summed E-state index contributed by atoms with van der Waals surface area (Å²) < 4.78 is 1.48. The smallest absolute Gasteiger partial charge is 0.259 e. The van der Waals surface area contributed by atoms with Crippen molar-refractivity contribution < 1.29 is 4.79 Å². The van der Waals surface area contributed by atoms with Crippen molar-refractivity contribution in [2.75, 3.05) is 5.73 Å². The van der Waals surface area contributed by atoms with E-state index in [-0.39, 0.29) is 23.3 Å². The van der Waals surface area contributed by atoms with E-state index in [1.54, 1.807) is 24.7 Å². The summed E-state index contributed by atoms with van der Waals surface area (Å²) in [4.78, 5) is 17.4. The van der Waals surface area contributed by atoms with Gasteiger partial charge in [-0.3, -0.25) is 4.79 Å². The Hall–Kier alpha value is -4.77. The molecule has 0 fully saturated rings. The van der Waals surface area contributed by atoms with E-state index in [4.69, 9.17) is 12.2 Å². The molecule has 0 spiro atoms. The summed E-state index contributed by atoms with van der Waals surface area (Å²) >= 11 is 0. The van der Waals surface area contributed by atoms with Gasteiger partial charge in [-0.25, -0.2) is 9.50 Å². The number of hydrogen-bond donors (Lipinski definition) is 2. The maximum absolute atomic E-state index is 13.2. The Morgan fingerprint density at radius 1 is 1.21 bits per heavy atom. The molecule has 0 aliphatic heterocycles. The fourth-order valence-corrected chi connectivity index (χ4v) is 3.93.